The molecule has 0 amide bonds. The molecule has 3 heterocycles. The minimum Gasteiger partial charge on any atom is -0.462 e. The fourth-order valence-electron chi connectivity index (χ4n) is 4.82. The number of halogens is 1. The summed E-state index contributed by atoms with van der Waals surface area (Å²) in [6.45, 7) is -0.00539. The number of aliphatic hydroxyl groups is 1. The highest BCUT2D eigenvalue weighted by Crippen LogP contribution is 2.58. The van der Waals surface area contributed by atoms with Crippen LogP contribution in [-0.2, 0) is 23.4 Å². The van der Waals surface area contributed by atoms with Gasteiger partial charge in [-0.1, -0.05) is 42.3 Å². The number of imidazole rings is 1. The number of alkyl halides is 1. The molecule has 5 N–H and O–H groups in total. The van der Waals surface area contributed by atoms with Gasteiger partial charge in [0, 0.05) is 12.4 Å². The normalized spacial score (nSPS) is 23.2. The first-order valence-electron chi connectivity index (χ1n) is 14.1. The van der Waals surface area contributed by atoms with Gasteiger partial charge in [0.05, 0.1) is 19.0 Å². The number of carbonyl (C=O) groups excluding carboxylic acids is 1. The predicted octanol–water partition coefficient (Wildman–Crippen LogP) is 3.98. The van der Waals surface area contributed by atoms with Crippen LogP contribution in [-0.4, -0.2) is 74.3 Å². The number of fused-ring (bicyclic) bond motifs is 2. The van der Waals surface area contributed by atoms with Crippen LogP contribution in [0, 0.1) is 12.3 Å². The topological polar surface area (TPSA) is 185 Å². The lowest BCUT2D eigenvalue weighted by molar-refractivity contribution is -0.149. The fraction of sp³-hybridized carbons (Fsp3) is 0.379. The van der Waals surface area contributed by atoms with Gasteiger partial charge >= 0.3 is 12.7 Å². The van der Waals surface area contributed by atoms with E-state index < -0.39 is 55.5 Å². The molecule has 2 aromatic heterocycles. The Morgan fingerprint density at radius 3 is 2.74 bits per heavy atom. The van der Waals surface area contributed by atoms with Crippen LogP contribution in [0.2, 0.25) is 0 Å². The molecule has 0 aliphatic carbocycles. The maximum Gasteiger partial charge on any atom is 0.365 e. The molecule has 244 valence electrons. The Hall–Kier alpha value is -3.97. The lowest BCUT2D eigenvalue weighted by Gasteiger charge is -2.24. The van der Waals surface area contributed by atoms with Crippen LogP contribution in [0.1, 0.15) is 27.0 Å². The molecule has 5 rings (SSSR count). The molecule has 17 heteroatoms. The van der Waals surface area contributed by atoms with Gasteiger partial charge in [0.1, 0.15) is 24.0 Å². The van der Waals surface area contributed by atoms with E-state index in [1.807, 2.05) is 36.3 Å². The third kappa shape index (κ3) is 6.61. The number of nitrogens with one attached hydrogen (secondary N) is 2. The molecular formula is C29H33FN7O7PS. The molecule has 1 aliphatic rings. The molecule has 1 aliphatic heterocycles. The molecule has 0 saturated carbocycles. The standard InChI is InChI=1S/C29H33FN7O7PS/c1-6-29(30)23(38)21(43-27(29)37-15-33-22-24(32-5)34-28(31)35-25(22)37)14-41-45(40,36-17(4)26(39)42-16(2)3)46-44-20-13-9-11-18-10-7-8-12-19(18)20/h1,7-13,15-17,21,23,27,38H,14H2,2-5H3,(H,36,40)(H3,31,32,34,35)/t17-,21-,23-,27-,29-,45?/m1/s1. The molecule has 14 nitrogen and oxygen atoms in total. The number of carbonyl (C=O) groups is 1. The fourth-order valence-corrected chi connectivity index (χ4v) is 7.68. The van der Waals surface area contributed by atoms with Gasteiger partial charge in [0.15, 0.2) is 34.9 Å². The molecule has 46 heavy (non-hydrogen) atoms. The lowest BCUT2D eigenvalue weighted by Crippen LogP contribution is -2.42. The number of esters is 1. The number of hydrogen-bond donors (Lipinski definition) is 4. The van der Waals surface area contributed by atoms with Crippen LogP contribution in [0.3, 0.4) is 0 Å². The van der Waals surface area contributed by atoms with Crippen LogP contribution in [0.5, 0.6) is 5.75 Å². The monoisotopic (exact) mass is 673 g/mol. The quantitative estimate of drug-likeness (QED) is 0.0732. The molecule has 1 fully saturated rings. The molecule has 2 aromatic carbocycles. The first kappa shape index (κ1) is 33.4. The van der Waals surface area contributed by atoms with Gasteiger partial charge in [-0.2, -0.15) is 9.97 Å². The average Bonchev–Trinajstić information content (AvgIpc) is 3.56. The van der Waals surface area contributed by atoms with Crippen LogP contribution in [0.25, 0.3) is 21.9 Å². The molecule has 0 bridgehead atoms. The van der Waals surface area contributed by atoms with Crippen molar-refractivity contribution in [2.45, 2.75) is 57.0 Å². The molecule has 6 atom stereocenters. The summed E-state index contributed by atoms with van der Waals surface area (Å²) in [5, 5.41) is 18.1. The summed E-state index contributed by atoms with van der Waals surface area (Å²) in [5.41, 5.74) is 3.39. The van der Waals surface area contributed by atoms with E-state index in [2.05, 4.69) is 25.4 Å². The van der Waals surface area contributed by atoms with Crippen molar-refractivity contribution in [3.8, 4) is 18.1 Å². The number of nitrogens with zero attached hydrogens (tertiary/aromatic N) is 4. The number of ether oxygens (including phenoxy) is 2. The van der Waals surface area contributed by atoms with Crippen molar-refractivity contribution in [2.75, 3.05) is 24.7 Å². The summed E-state index contributed by atoms with van der Waals surface area (Å²) in [5.74, 6) is 1.83. The summed E-state index contributed by atoms with van der Waals surface area (Å²) >= 11 is 0.443. The number of nitrogens with two attached hydrogens (primary N) is 1. The van der Waals surface area contributed by atoms with Crippen molar-refractivity contribution in [1.82, 2.24) is 24.6 Å². The van der Waals surface area contributed by atoms with Gasteiger partial charge in [0.2, 0.25) is 11.6 Å². The van der Waals surface area contributed by atoms with E-state index in [0.29, 0.717) is 17.4 Å². The predicted molar refractivity (Wildman–Crippen MR) is 171 cm³/mol. The van der Waals surface area contributed by atoms with Gasteiger partial charge in [-0.05, 0) is 32.2 Å². The lowest BCUT2D eigenvalue weighted by atomic mass is 9.97. The minimum absolute atomic E-state index is 0.0942. The van der Waals surface area contributed by atoms with Gasteiger partial charge in [-0.3, -0.25) is 13.9 Å². The highest BCUT2D eigenvalue weighted by molar-refractivity contribution is 8.53. The zero-order valence-corrected chi connectivity index (χ0v) is 27.0. The zero-order valence-electron chi connectivity index (χ0n) is 25.3. The molecular weight excluding hydrogens is 640 g/mol. The third-order valence-electron chi connectivity index (χ3n) is 7.04. The number of aromatic nitrogens is 4. The summed E-state index contributed by atoms with van der Waals surface area (Å²) in [4.78, 5) is 25.0. The second kappa shape index (κ2) is 13.4. The summed E-state index contributed by atoms with van der Waals surface area (Å²) in [6, 6.07) is 11.6. The van der Waals surface area contributed by atoms with Gasteiger partial charge in [-0.15, -0.1) is 6.42 Å². The van der Waals surface area contributed by atoms with E-state index in [-0.39, 0.29) is 22.9 Å². The van der Waals surface area contributed by atoms with E-state index in [9.17, 15) is 14.5 Å². The molecule has 0 spiro atoms. The molecule has 1 unspecified atom stereocenters. The Labute approximate surface area is 268 Å². The Morgan fingerprint density at radius 2 is 2.02 bits per heavy atom. The number of terminal acetylenes is 1. The Balaban J connectivity index is 1.40. The third-order valence-corrected chi connectivity index (χ3v) is 10.1. The summed E-state index contributed by atoms with van der Waals surface area (Å²) in [7, 11) is 1.60. The largest absolute Gasteiger partial charge is 0.462 e. The summed E-state index contributed by atoms with van der Waals surface area (Å²) in [6.07, 6.45) is 1.37. The highest BCUT2D eigenvalue weighted by atomic mass is 32.7. The molecule has 4 aromatic rings. The molecule has 1 saturated heterocycles. The second-order valence-corrected chi connectivity index (χ2v) is 14.4. The Morgan fingerprint density at radius 1 is 1.28 bits per heavy atom. The van der Waals surface area contributed by atoms with E-state index >= 15 is 4.39 Å². The number of anilines is 2. The number of hydrogen-bond acceptors (Lipinski definition) is 13. The maximum absolute atomic E-state index is 16.3. The first-order chi connectivity index (χ1) is 21.9. The smallest absolute Gasteiger partial charge is 0.365 e. The highest BCUT2D eigenvalue weighted by Gasteiger charge is 2.58. The van der Waals surface area contributed by atoms with Crippen molar-refractivity contribution >= 4 is 58.1 Å². The van der Waals surface area contributed by atoms with Crippen LogP contribution < -0.4 is 20.3 Å². The average molecular weight is 674 g/mol. The minimum atomic E-state index is -4.17. The van der Waals surface area contributed by atoms with Gasteiger partial charge in [0.25, 0.3) is 0 Å². The van der Waals surface area contributed by atoms with Gasteiger partial charge < -0.3 is 34.3 Å². The van der Waals surface area contributed by atoms with Crippen molar-refractivity contribution in [2.24, 2.45) is 0 Å². The first-order valence-corrected chi connectivity index (χ1v) is 17.1. The number of aliphatic hydroxyl groups excluding tert-OH is 1. The van der Waals surface area contributed by atoms with Gasteiger partial charge in [-0.25, -0.2) is 14.5 Å². The van der Waals surface area contributed by atoms with Crippen molar-refractivity contribution < 1.29 is 37.0 Å². The number of rotatable bonds is 12. The van der Waals surface area contributed by atoms with Crippen molar-refractivity contribution in [3.05, 3.63) is 48.8 Å². The second-order valence-electron chi connectivity index (χ2n) is 10.7. The van der Waals surface area contributed by atoms with E-state index in [0.717, 1.165) is 10.8 Å². The van der Waals surface area contributed by atoms with Crippen molar-refractivity contribution in [3.63, 3.8) is 0 Å². The Bertz CT molecular complexity index is 1830. The number of nitrogen functional groups attached to an aromatic ring is 1. The van der Waals surface area contributed by atoms with E-state index in [4.69, 9.17) is 30.3 Å². The zero-order chi connectivity index (χ0) is 33.2. The van der Waals surface area contributed by atoms with Crippen LogP contribution >= 0.6 is 18.4 Å². The van der Waals surface area contributed by atoms with E-state index in [1.54, 1.807) is 33.0 Å². The van der Waals surface area contributed by atoms with Crippen LogP contribution in [0.4, 0.5) is 16.2 Å². The SMILES string of the molecule is C#C[C@@]1(F)[C@H](O)[C@@H](COP(=O)(N[C@H](C)C(=O)OC(C)C)SOc2cccc3ccccc23)O[C@H]1n1cnc2c(NC)nc(N)nc21. The Kier molecular flexibility index (Phi) is 9.73. The van der Waals surface area contributed by atoms with E-state index in [1.165, 1.54) is 17.8 Å². The number of benzene rings is 2. The summed E-state index contributed by atoms with van der Waals surface area (Å²) < 4.78 is 54.4. The van der Waals surface area contributed by atoms with Crippen LogP contribution in [0.15, 0.2) is 48.8 Å². The molecule has 0 radical (unpaired) electrons. The maximum atomic E-state index is 16.3. The van der Waals surface area contributed by atoms with Crippen molar-refractivity contribution in [1.29, 1.82) is 0 Å².